The number of ether oxygens (including phenoxy) is 1. The number of fused-ring (bicyclic) bond motifs is 1. The Balaban J connectivity index is 1.35. The second-order valence-corrected chi connectivity index (χ2v) is 7.99. The number of aryl methyl sites for hydroxylation is 1. The maximum absolute atomic E-state index is 5.42. The molecule has 5 heterocycles. The maximum Gasteiger partial charge on any atom is 0.190 e. The summed E-state index contributed by atoms with van der Waals surface area (Å²) in [6, 6.07) is 8.11. The Morgan fingerprint density at radius 3 is 2.93 bits per heavy atom. The third kappa shape index (κ3) is 3.98. The Morgan fingerprint density at radius 2 is 2.10 bits per heavy atom. The standard InChI is InChI=1S/C20H21N7OS/c1-13-15(11-22-26-13)16-2-3-17-19(23-16)29-20(24-17)25-18-10-14(4-5-21-18)12-27-6-8-28-9-7-27/h2-5,10-11H,6-9,12H2,1H3,(H,22,26)(H,21,24,25). The SMILES string of the molecule is Cc1[nH]ncc1-c1ccc2nc(Nc3cc(CN4CCOCC4)ccn3)sc2n1. The van der Waals surface area contributed by atoms with E-state index in [4.69, 9.17) is 9.72 Å². The van der Waals surface area contributed by atoms with Gasteiger partial charge in [0.2, 0.25) is 0 Å². The zero-order valence-electron chi connectivity index (χ0n) is 16.1. The molecule has 9 heteroatoms. The van der Waals surface area contributed by atoms with Crippen molar-refractivity contribution < 1.29 is 4.74 Å². The fraction of sp³-hybridized carbons (Fsp3) is 0.300. The molecule has 1 aliphatic heterocycles. The van der Waals surface area contributed by atoms with E-state index in [1.807, 2.05) is 25.3 Å². The van der Waals surface area contributed by atoms with E-state index in [1.165, 1.54) is 16.9 Å². The van der Waals surface area contributed by atoms with E-state index in [0.29, 0.717) is 0 Å². The highest BCUT2D eigenvalue weighted by Crippen LogP contribution is 2.29. The van der Waals surface area contributed by atoms with Gasteiger partial charge in [-0.15, -0.1) is 0 Å². The third-order valence-corrected chi connectivity index (χ3v) is 5.81. The van der Waals surface area contributed by atoms with E-state index in [-0.39, 0.29) is 0 Å². The maximum atomic E-state index is 5.42. The van der Waals surface area contributed by atoms with Crippen LogP contribution in [0.4, 0.5) is 10.9 Å². The van der Waals surface area contributed by atoms with Crippen LogP contribution in [0, 0.1) is 6.92 Å². The normalized spacial score (nSPS) is 15.1. The monoisotopic (exact) mass is 407 g/mol. The number of rotatable bonds is 5. The number of nitrogens with one attached hydrogen (secondary N) is 2. The summed E-state index contributed by atoms with van der Waals surface area (Å²) in [5, 5.41) is 11.1. The Bertz CT molecular complexity index is 1130. The average Bonchev–Trinajstić information content (AvgIpc) is 3.33. The third-order valence-electron chi connectivity index (χ3n) is 4.93. The summed E-state index contributed by atoms with van der Waals surface area (Å²) in [7, 11) is 0. The van der Waals surface area contributed by atoms with Crippen LogP contribution in [0.1, 0.15) is 11.3 Å². The molecular formula is C20H21N7OS. The molecular weight excluding hydrogens is 386 g/mol. The molecule has 1 aliphatic rings. The second kappa shape index (κ2) is 7.86. The molecule has 5 rings (SSSR count). The van der Waals surface area contributed by atoms with Crippen molar-refractivity contribution in [1.29, 1.82) is 0 Å². The molecule has 0 amide bonds. The van der Waals surface area contributed by atoms with Crippen LogP contribution in [0.15, 0.2) is 36.7 Å². The summed E-state index contributed by atoms with van der Waals surface area (Å²) in [5.41, 5.74) is 4.99. The molecule has 0 unspecified atom stereocenters. The lowest BCUT2D eigenvalue weighted by Gasteiger charge is -2.26. The van der Waals surface area contributed by atoms with Crippen LogP contribution in [-0.2, 0) is 11.3 Å². The molecule has 4 aromatic heterocycles. The van der Waals surface area contributed by atoms with Crippen molar-refractivity contribution in [3.63, 3.8) is 0 Å². The van der Waals surface area contributed by atoms with Gasteiger partial charge in [-0.05, 0) is 36.8 Å². The zero-order chi connectivity index (χ0) is 19.6. The number of anilines is 2. The number of aromatic nitrogens is 5. The number of hydrogen-bond donors (Lipinski definition) is 2. The highest BCUT2D eigenvalue weighted by atomic mass is 32.1. The molecule has 1 fully saturated rings. The molecule has 0 atom stereocenters. The first kappa shape index (κ1) is 18.2. The second-order valence-electron chi connectivity index (χ2n) is 7.01. The highest BCUT2D eigenvalue weighted by molar-refractivity contribution is 7.21. The zero-order valence-corrected chi connectivity index (χ0v) is 16.9. The van der Waals surface area contributed by atoms with Crippen LogP contribution in [-0.4, -0.2) is 56.4 Å². The summed E-state index contributed by atoms with van der Waals surface area (Å²) in [5.74, 6) is 0.792. The number of nitrogens with zero attached hydrogens (tertiary/aromatic N) is 5. The van der Waals surface area contributed by atoms with Crippen LogP contribution in [0.2, 0.25) is 0 Å². The minimum Gasteiger partial charge on any atom is -0.379 e. The molecule has 1 saturated heterocycles. The van der Waals surface area contributed by atoms with Crippen molar-refractivity contribution in [3.05, 3.63) is 47.9 Å². The molecule has 8 nitrogen and oxygen atoms in total. The van der Waals surface area contributed by atoms with E-state index in [0.717, 1.165) is 71.1 Å². The predicted molar refractivity (Wildman–Crippen MR) is 113 cm³/mol. The van der Waals surface area contributed by atoms with Gasteiger partial charge in [-0.1, -0.05) is 11.3 Å². The van der Waals surface area contributed by atoms with Crippen molar-refractivity contribution in [2.24, 2.45) is 0 Å². The van der Waals surface area contributed by atoms with Gasteiger partial charge >= 0.3 is 0 Å². The number of thiazole rings is 1. The summed E-state index contributed by atoms with van der Waals surface area (Å²) in [6.07, 6.45) is 3.64. The van der Waals surface area contributed by atoms with Crippen LogP contribution in [0.25, 0.3) is 21.6 Å². The van der Waals surface area contributed by atoms with Gasteiger partial charge in [0, 0.05) is 37.1 Å². The number of hydrogen-bond acceptors (Lipinski definition) is 8. The Labute approximate surface area is 172 Å². The van der Waals surface area contributed by atoms with Crippen molar-refractivity contribution >= 4 is 32.6 Å². The van der Waals surface area contributed by atoms with Gasteiger partial charge in [0.15, 0.2) is 5.13 Å². The molecule has 0 radical (unpaired) electrons. The Hall–Kier alpha value is -2.88. The Kier molecular flexibility index (Phi) is 4.92. The van der Waals surface area contributed by atoms with Gasteiger partial charge in [-0.3, -0.25) is 10.00 Å². The number of morpholine rings is 1. The molecule has 4 aromatic rings. The average molecular weight is 408 g/mol. The van der Waals surface area contributed by atoms with Crippen molar-refractivity contribution in [2.75, 3.05) is 31.6 Å². The molecule has 0 bridgehead atoms. The topological polar surface area (TPSA) is 91.9 Å². The minimum atomic E-state index is 0.782. The number of aromatic amines is 1. The van der Waals surface area contributed by atoms with Crippen molar-refractivity contribution in [3.8, 4) is 11.3 Å². The van der Waals surface area contributed by atoms with Crippen LogP contribution in [0.5, 0.6) is 0 Å². The minimum absolute atomic E-state index is 0.782. The first-order chi connectivity index (χ1) is 14.2. The molecule has 29 heavy (non-hydrogen) atoms. The van der Waals surface area contributed by atoms with Gasteiger partial charge in [0.1, 0.15) is 16.2 Å². The van der Waals surface area contributed by atoms with Gasteiger partial charge in [0.05, 0.1) is 25.1 Å². The summed E-state index contributed by atoms with van der Waals surface area (Å²) < 4.78 is 5.42. The molecule has 0 aromatic carbocycles. The van der Waals surface area contributed by atoms with Gasteiger partial charge in [-0.25, -0.2) is 15.0 Å². The first-order valence-electron chi connectivity index (χ1n) is 9.54. The van der Waals surface area contributed by atoms with E-state index in [9.17, 15) is 0 Å². The van der Waals surface area contributed by atoms with Crippen molar-refractivity contribution in [1.82, 2.24) is 30.0 Å². The molecule has 0 spiro atoms. The summed E-state index contributed by atoms with van der Waals surface area (Å²) in [4.78, 5) is 17.1. The molecule has 0 saturated carbocycles. The number of pyridine rings is 2. The highest BCUT2D eigenvalue weighted by Gasteiger charge is 2.13. The first-order valence-corrected chi connectivity index (χ1v) is 10.4. The molecule has 148 valence electrons. The lowest BCUT2D eigenvalue weighted by atomic mass is 10.2. The molecule has 0 aliphatic carbocycles. The fourth-order valence-electron chi connectivity index (χ4n) is 3.40. The number of H-pyrrole nitrogens is 1. The van der Waals surface area contributed by atoms with Crippen LogP contribution < -0.4 is 5.32 Å². The van der Waals surface area contributed by atoms with Crippen LogP contribution >= 0.6 is 11.3 Å². The smallest absolute Gasteiger partial charge is 0.190 e. The quantitative estimate of drug-likeness (QED) is 0.524. The van der Waals surface area contributed by atoms with E-state index in [1.54, 1.807) is 6.20 Å². The van der Waals surface area contributed by atoms with Gasteiger partial charge in [0.25, 0.3) is 0 Å². The predicted octanol–water partition coefficient (Wildman–Crippen LogP) is 3.36. The van der Waals surface area contributed by atoms with E-state index < -0.39 is 0 Å². The van der Waals surface area contributed by atoms with E-state index >= 15 is 0 Å². The van der Waals surface area contributed by atoms with Gasteiger partial charge < -0.3 is 10.1 Å². The summed E-state index contributed by atoms with van der Waals surface area (Å²) >= 11 is 1.52. The fourth-order valence-corrected chi connectivity index (χ4v) is 4.24. The van der Waals surface area contributed by atoms with E-state index in [2.05, 4.69) is 42.5 Å². The summed E-state index contributed by atoms with van der Waals surface area (Å²) in [6.45, 7) is 6.42. The van der Waals surface area contributed by atoms with Crippen molar-refractivity contribution in [2.45, 2.75) is 13.5 Å². The lowest BCUT2D eigenvalue weighted by Crippen LogP contribution is -2.35. The molecule has 2 N–H and O–H groups in total. The van der Waals surface area contributed by atoms with Crippen LogP contribution in [0.3, 0.4) is 0 Å². The Morgan fingerprint density at radius 1 is 1.21 bits per heavy atom. The lowest BCUT2D eigenvalue weighted by molar-refractivity contribution is 0.0342. The largest absolute Gasteiger partial charge is 0.379 e. The van der Waals surface area contributed by atoms with Gasteiger partial charge in [-0.2, -0.15) is 5.10 Å².